The third-order valence-electron chi connectivity index (χ3n) is 6.18. The minimum Gasteiger partial charge on any atom is -0.493 e. The first-order chi connectivity index (χ1) is 16.9. The molecule has 1 aromatic heterocycles. The summed E-state index contributed by atoms with van der Waals surface area (Å²) in [6.07, 6.45) is 0.538. The van der Waals surface area contributed by atoms with Crippen LogP contribution in [0.15, 0.2) is 74.3 Å². The van der Waals surface area contributed by atoms with Gasteiger partial charge in [0, 0.05) is 16.0 Å². The van der Waals surface area contributed by atoms with Crippen molar-refractivity contribution in [2.45, 2.75) is 12.5 Å². The van der Waals surface area contributed by atoms with E-state index in [1.807, 2.05) is 30.3 Å². The zero-order chi connectivity index (χ0) is 24.7. The molecule has 8 heteroatoms. The molecule has 4 aromatic rings. The third kappa shape index (κ3) is 4.19. The van der Waals surface area contributed by atoms with Gasteiger partial charge < -0.3 is 18.8 Å². The quantitative estimate of drug-likeness (QED) is 0.292. The molecule has 2 heterocycles. The number of halogens is 2. The first-order valence-corrected chi connectivity index (χ1v) is 12.1. The summed E-state index contributed by atoms with van der Waals surface area (Å²) >= 11 is 9.71. The fourth-order valence-electron chi connectivity index (χ4n) is 4.53. The van der Waals surface area contributed by atoms with Gasteiger partial charge in [0.05, 0.1) is 31.2 Å². The highest BCUT2D eigenvalue weighted by Crippen LogP contribution is 2.39. The summed E-state index contributed by atoms with van der Waals surface area (Å²) in [6, 6.07) is 17.4. The lowest BCUT2D eigenvalue weighted by molar-refractivity contribution is 0.0730. The number of carbonyl (C=O) groups excluding carboxylic acids is 1. The zero-order valence-electron chi connectivity index (χ0n) is 19.0. The van der Waals surface area contributed by atoms with Crippen molar-refractivity contribution in [3.05, 3.63) is 103 Å². The number of methoxy groups -OCH3 is 2. The van der Waals surface area contributed by atoms with Crippen LogP contribution in [-0.4, -0.2) is 31.6 Å². The molecule has 5 rings (SSSR count). The number of ether oxygens (including phenoxy) is 2. The Morgan fingerprint density at radius 2 is 1.80 bits per heavy atom. The van der Waals surface area contributed by atoms with E-state index in [0.29, 0.717) is 46.0 Å². The predicted octanol–water partition coefficient (Wildman–Crippen LogP) is 6.01. The van der Waals surface area contributed by atoms with E-state index in [0.717, 1.165) is 15.6 Å². The van der Waals surface area contributed by atoms with Crippen LogP contribution in [0.3, 0.4) is 0 Å². The molecule has 0 saturated heterocycles. The smallest absolute Gasteiger partial charge is 0.290 e. The number of nitrogens with zero attached hydrogens (tertiary/aromatic N) is 1. The second-order valence-corrected chi connectivity index (χ2v) is 9.56. The molecule has 178 valence electrons. The van der Waals surface area contributed by atoms with Gasteiger partial charge >= 0.3 is 0 Å². The first-order valence-electron chi connectivity index (χ1n) is 10.9. The van der Waals surface area contributed by atoms with Crippen molar-refractivity contribution in [3.63, 3.8) is 0 Å². The van der Waals surface area contributed by atoms with Crippen LogP contribution >= 0.6 is 27.5 Å². The minimum absolute atomic E-state index is 0.0714. The van der Waals surface area contributed by atoms with E-state index in [-0.39, 0.29) is 17.1 Å². The van der Waals surface area contributed by atoms with Crippen LogP contribution in [0.5, 0.6) is 11.5 Å². The highest BCUT2D eigenvalue weighted by molar-refractivity contribution is 9.10. The van der Waals surface area contributed by atoms with Crippen LogP contribution in [0.4, 0.5) is 0 Å². The second-order valence-electron chi connectivity index (χ2n) is 8.21. The maximum absolute atomic E-state index is 13.6. The van der Waals surface area contributed by atoms with Gasteiger partial charge in [-0.25, -0.2) is 0 Å². The van der Waals surface area contributed by atoms with Crippen molar-refractivity contribution in [2.24, 2.45) is 0 Å². The van der Waals surface area contributed by atoms with E-state index in [4.69, 9.17) is 25.5 Å². The Bertz CT molecular complexity index is 1520. The summed E-state index contributed by atoms with van der Waals surface area (Å²) in [5.41, 5.74) is 2.18. The van der Waals surface area contributed by atoms with Crippen LogP contribution in [-0.2, 0) is 6.42 Å². The van der Waals surface area contributed by atoms with E-state index < -0.39 is 6.04 Å². The minimum atomic E-state index is -0.615. The summed E-state index contributed by atoms with van der Waals surface area (Å²) in [5.74, 6) is 0.987. The molecule has 1 aliphatic heterocycles. The van der Waals surface area contributed by atoms with Crippen molar-refractivity contribution in [3.8, 4) is 11.5 Å². The van der Waals surface area contributed by atoms with Crippen molar-refractivity contribution in [1.29, 1.82) is 0 Å². The van der Waals surface area contributed by atoms with Gasteiger partial charge in [0.1, 0.15) is 5.58 Å². The lowest BCUT2D eigenvalue weighted by Crippen LogP contribution is -2.31. The van der Waals surface area contributed by atoms with E-state index >= 15 is 0 Å². The summed E-state index contributed by atoms with van der Waals surface area (Å²) in [5, 5.41) is 0.941. The van der Waals surface area contributed by atoms with E-state index in [1.165, 1.54) is 0 Å². The Kier molecular flexibility index (Phi) is 6.30. The number of amides is 1. The van der Waals surface area contributed by atoms with Crippen molar-refractivity contribution >= 4 is 44.4 Å². The summed E-state index contributed by atoms with van der Waals surface area (Å²) in [4.78, 5) is 28.9. The molecule has 0 N–H and O–H groups in total. The van der Waals surface area contributed by atoms with E-state index in [1.54, 1.807) is 49.5 Å². The lowest BCUT2D eigenvalue weighted by atomic mass is 9.98. The summed E-state index contributed by atoms with van der Waals surface area (Å²) < 4.78 is 17.5. The van der Waals surface area contributed by atoms with Crippen LogP contribution in [0.25, 0.3) is 11.0 Å². The number of hydrogen-bond acceptors (Lipinski definition) is 5. The first kappa shape index (κ1) is 23.5. The van der Waals surface area contributed by atoms with Gasteiger partial charge in [-0.05, 0) is 60.0 Å². The Balaban J connectivity index is 1.59. The normalized spacial score (nSPS) is 14.9. The highest BCUT2D eigenvalue weighted by Gasteiger charge is 2.42. The van der Waals surface area contributed by atoms with Crippen LogP contribution in [0, 0.1) is 0 Å². The Morgan fingerprint density at radius 1 is 1.00 bits per heavy atom. The lowest BCUT2D eigenvalue weighted by Gasteiger charge is -2.25. The van der Waals surface area contributed by atoms with Crippen molar-refractivity contribution < 1.29 is 18.7 Å². The van der Waals surface area contributed by atoms with Gasteiger partial charge in [-0.1, -0.05) is 45.7 Å². The predicted molar refractivity (Wildman–Crippen MR) is 138 cm³/mol. The van der Waals surface area contributed by atoms with Crippen LogP contribution in [0.1, 0.15) is 33.3 Å². The summed E-state index contributed by atoms with van der Waals surface area (Å²) in [6.45, 7) is 0.356. The molecular formula is C27H21BrClNO5. The van der Waals surface area contributed by atoms with Gasteiger partial charge in [0.25, 0.3) is 5.91 Å². The fraction of sp³-hybridized carbons (Fsp3) is 0.185. The summed E-state index contributed by atoms with van der Waals surface area (Å²) in [7, 11) is 3.16. The molecule has 0 aliphatic carbocycles. The average Bonchev–Trinajstić information content (AvgIpc) is 3.14. The standard InChI is InChI=1S/C27H21BrClNO5/c1-33-21-8-6-15(12-22(21)34-2)10-11-30-24(16-4-3-5-18(29)13-16)23-25(31)19-14-17(28)7-9-20(19)35-26(23)27(30)32/h3-9,12-14,24H,10-11H2,1-2H3/t24-/m0/s1. The maximum Gasteiger partial charge on any atom is 0.290 e. The van der Waals surface area contributed by atoms with Gasteiger partial charge in [0.2, 0.25) is 5.76 Å². The monoisotopic (exact) mass is 553 g/mol. The number of carbonyl (C=O) groups is 1. The van der Waals surface area contributed by atoms with E-state index in [2.05, 4.69) is 15.9 Å². The van der Waals surface area contributed by atoms with Gasteiger partial charge in [-0.3, -0.25) is 9.59 Å². The number of hydrogen-bond donors (Lipinski definition) is 0. The Morgan fingerprint density at radius 3 is 2.54 bits per heavy atom. The SMILES string of the molecule is COc1ccc(CCN2C(=O)c3oc4ccc(Br)cc4c(=O)c3[C@@H]2c2cccc(Cl)c2)cc1OC. The molecular weight excluding hydrogens is 534 g/mol. The fourth-order valence-corrected chi connectivity index (χ4v) is 5.09. The highest BCUT2D eigenvalue weighted by atomic mass is 79.9. The number of fused-ring (bicyclic) bond motifs is 2. The molecule has 35 heavy (non-hydrogen) atoms. The van der Waals surface area contributed by atoms with Crippen LogP contribution < -0.4 is 14.9 Å². The molecule has 3 aromatic carbocycles. The molecule has 0 spiro atoms. The Hall–Kier alpha value is -3.29. The molecule has 1 atom stereocenters. The molecule has 0 saturated carbocycles. The Labute approximate surface area is 215 Å². The van der Waals surface area contributed by atoms with Gasteiger partial charge in [-0.15, -0.1) is 0 Å². The van der Waals surface area contributed by atoms with Gasteiger partial charge in [-0.2, -0.15) is 0 Å². The topological polar surface area (TPSA) is 69.0 Å². The zero-order valence-corrected chi connectivity index (χ0v) is 21.4. The molecule has 0 radical (unpaired) electrons. The average molecular weight is 555 g/mol. The molecule has 0 fully saturated rings. The molecule has 1 aliphatic rings. The van der Waals surface area contributed by atoms with Crippen molar-refractivity contribution in [2.75, 3.05) is 20.8 Å². The second kappa shape index (κ2) is 9.40. The van der Waals surface area contributed by atoms with Crippen molar-refractivity contribution in [1.82, 2.24) is 4.90 Å². The van der Waals surface area contributed by atoms with Crippen LogP contribution in [0.2, 0.25) is 5.02 Å². The number of rotatable bonds is 6. The molecule has 1 amide bonds. The largest absolute Gasteiger partial charge is 0.493 e. The molecule has 0 bridgehead atoms. The third-order valence-corrected chi connectivity index (χ3v) is 6.91. The molecule has 0 unspecified atom stereocenters. The van der Waals surface area contributed by atoms with Gasteiger partial charge in [0.15, 0.2) is 16.9 Å². The maximum atomic E-state index is 13.6. The molecule has 6 nitrogen and oxygen atoms in total. The number of benzene rings is 3. The van der Waals surface area contributed by atoms with E-state index in [9.17, 15) is 9.59 Å².